The van der Waals surface area contributed by atoms with Crippen molar-refractivity contribution in [1.29, 1.82) is 0 Å². The van der Waals surface area contributed by atoms with Crippen LogP contribution >= 0.6 is 0 Å². The second kappa shape index (κ2) is 60.4. The number of hydrogen-bond donors (Lipinski definition) is 0. The van der Waals surface area contributed by atoms with Crippen molar-refractivity contribution in [3.05, 3.63) is 24.3 Å². The molecule has 0 bridgehead atoms. The molecule has 0 amide bonds. The van der Waals surface area contributed by atoms with Gasteiger partial charge in [0.05, 0.1) is 0 Å². The lowest BCUT2D eigenvalue weighted by Crippen LogP contribution is -2.30. The van der Waals surface area contributed by atoms with Crippen molar-refractivity contribution in [3.63, 3.8) is 0 Å². The van der Waals surface area contributed by atoms with E-state index >= 15 is 0 Å². The van der Waals surface area contributed by atoms with Crippen molar-refractivity contribution < 1.29 is 28.6 Å². The van der Waals surface area contributed by atoms with Gasteiger partial charge in [-0.25, -0.2) is 0 Å². The van der Waals surface area contributed by atoms with Gasteiger partial charge in [-0.2, -0.15) is 0 Å². The van der Waals surface area contributed by atoms with Crippen molar-refractivity contribution in [1.82, 2.24) is 0 Å². The first-order valence-corrected chi connectivity index (χ1v) is 31.8. The van der Waals surface area contributed by atoms with Gasteiger partial charge >= 0.3 is 17.9 Å². The number of carbonyl (C=O) groups is 3. The third-order valence-electron chi connectivity index (χ3n) is 14.4. The van der Waals surface area contributed by atoms with E-state index in [0.29, 0.717) is 19.3 Å². The summed E-state index contributed by atoms with van der Waals surface area (Å²) in [7, 11) is 0. The van der Waals surface area contributed by atoms with Crippen LogP contribution in [0.4, 0.5) is 0 Å². The summed E-state index contributed by atoms with van der Waals surface area (Å²) in [6.07, 6.45) is 71.8. The fourth-order valence-corrected chi connectivity index (χ4v) is 9.61. The third kappa shape index (κ3) is 58.7. The second-order valence-corrected chi connectivity index (χ2v) is 21.7. The molecule has 0 aliphatic heterocycles. The molecule has 6 nitrogen and oxygen atoms in total. The van der Waals surface area contributed by atoms with E-state index in [4.69, 9.17) is 14.2 Å². The van der Waals surface area contributed by atoms with E-state index in [1.807, 2.05) is 0 Å². The highest BCUT2D eigenvalue weighted by molar-refractivity contribution is 5.71. The summed E-state index contributed by atoms with van der Waals surface area (Å²) < 4.78 is 16.9. The molecule has 0 radical (unpaired) electrons. The van der Waals surface area contributed by atoms with Gasteiger partial charge in [0.25, 0.3) is 0 Å². The Labute approximate surface area is 443 Å². The molecular formula is C65H122O6. The SMILES string of the molecule is CCCCCC/C=C\CCCCCCCCCC(=O)O[C@H](COC(=O)CCCCCCCCCCC/C=C\CCCCCCCC)COC(=O)CCCCCCCCCCCCCCCCCCCCC. The molecule has 6 heteroatoms. The lowest BCUT2D eigenvalue weighted by atomic mass is 10.0. The zero-order valence-corrected chi connectivity index (χ0v) is 48.0. The summed E-state index contributed by atoms with van der Waals surface area (Å²) >= 11 is 0. The lowest BCUT2D eigenvalue weighted by Gasteiger charge is -2.18. The third-order valence-corrected chi connectivity index (χ3v) is 14.4. The average Bonchev–Trinajstić information content (AvgIpc) is 3.37. The predicted molar refractivity (Wildman–Crippen MR) is 307 cm³/mol. The van der Waals surface area contributed by atoms with Gasteiger partial charge in [0, 0.05) is 19.3 Å². The average molecular weight is 1000 g/mol. The van der Waals surface area contributed by atoms with Gasteiger partial charge < -0.3 is 14.2 Å². The van der Waals surface area contributed by atoms with Crippen molar-refractivity contribution in [3.8, 4) is 0 Å². The highest BCUT2D eigenvalue weighted by atomic mass is 16.6. The summed E-state index contributed by atoms with van der Waals surface area (Å²) in [5, 5.41) is 0. The zero-order valence-electron chi connectivity index (χ0n) is 48.0. The highest BCUT2D eigenvalue weighted by Gasteiger charge is 2.19. The van der Waals surface area contributed by atoms with Gasteiger partial charge in [-0.3, -0.25) is 14.4 Å². The minimum absolute atomic E-state index is 0.0685. The Morgan fingerprint density at radius 2 is 0.465 bits per heavy atom. The molecule has 0 aromatic carbocycles. The topological polar surface area (TPSA) is 78.9 Å². The summed E-state index contributed by atoms with van der Waals surface area (Å²) in [5.41, 5.74) is 0. The van der Waals surface area contributed by atoms with E-state index < -0.39 is 6.10 Å². The van der Waals surface area contributed by atoms with Gasteiger partial charge in [-0.15, -0.1) is 0 Å². The monoisotopic (exact) mass is 999 g/mol. The summed E-state index contributed by atoms with van der Waals surface area (Å²) in [6.45, 7) is 6.69. The lowest BCUT2D eigenvalue weighted by molar-refractivity contribution is -0.167. The van der Waals surface area contributed by atoms with Crippen LogP contribution in [-0.2, 0) is 28.6 Å². The fraction of sp³-hybridized carbons (Fsp3) is 0.892. The molecule has 0 N–H and O–H groups in total. The molecule has 0 aliphatic carbocycles. The van der Waals surface area contributed by atoms with Crippen LogP contribution < -0.4 is 0 Å². The normalized spacial score (nSPS) is 12.1. The van der Waals surface area contributed by atoms with Gasteiger partial charge in [-0.1, -0.05) is 289 Å². The van der Waals surface area contributed by atoms with E-state index in [0.717, 1.165) is 57.8 Å². The number of rotatable bonds is 59. The molecule has 0 aliphatic rings. The van der Waals surface area contributed by atoms with Crippen molar-refractivity contribution in [2.24, 2.45) is 0 Å². The number of unbranched alkanes of at least 4 members (excludes halogenated alkanes) is 44. The molecule has 0 saturated heterocycles. The van der Waals surface area contributed by atoms with Crippen LogP contribution in [0.5, 0.6) is 0 Å². The van der Waals surface area contributed by atoms with Crippen molar-refractivity contribution in [2.75, 3.05) is 13.2 Å². The van der Waals surface area contributed by atoms with Gasteiger partial charge in [0.15, 0.2) is 6.10 Å². The Balaban J connectivity index is 4.30. The van der Waals surface area contributed by atoms with E-state index in [9.17, 15) is 14.4 Å². The fourth-order valence-electron chi connectivity index (χ4n) is 9.61. The largest absolute Gasteiger partial charge is 0.462 e. The molecule has 1 atom stereocenters. The molecular weight excluding hydrogens is 877 g/mol. The molecule has 0 saturated carbocycles. The minimum Gasteiger partial charge on any atom is -0.462 e. The molecule has 0 rings (SSSR count). The molecule has 0 unspecified atom stereocenters. The summed E-state index contributed by atoms with van der Waals surface area (Å²) in [4.78, 5) is 38.3. The van der Waals surface area contributed by atoms with Gasteiger partial charge in [0.2, 0.25) is 0 Å². The molecule has 0 aromatic rings. The number of carbonyl (C=O) groups excluding carboxylic acids is 3. The minimum atomic E-state index is -0.771. The van der Waals surface area contributed by atoms with Crippen LogP contribution in [-0.4, -0.2) is 37.2 Å². The molecule has 0 aromatic heterocycles. The number of hydrogen-bond acceptors (Lipinski definition) is 6. The van der Waals surface area contributed by atoms with Gasteiger partial charge in [-0.05, 0) is 70.6 Å². The Kier molecular flexibility index (Phi) is 58.6. The summed E-state index contributed by atoms with van der Waals surface area (Å²) in [6, 6.07) is 0. The van der Waals surface area contributed by atoms with Crippen LogP contribution in [0, 0.1) is 0 Å². The van der Waals surface area contributed by atoms with Crippen molar-refractivity contribution >= 4 is 17.9 Å². The van der Waals surface area contributed by atoms with Crippen molar-refractivity contribution in [2.45, 2.75) is 361 Å². The quantitative estimate of drug-likeness (QED) is 0.0261. The Morgan fingerprint density at radius 1 is 0.268 bits per heavy atom. The first kappa shape index (κ1) is 68.9. The van der Waals surface area contributed by atoms with Crippen LogP contribution in [0.2, 0.25) is 0 Å². The molecule has 0 fully saturated rings. The van der Waals surface area contributed by atoms with Gasteiger partial charge in [0.1, 0.15) is 13.2 Å². The number of ether oxygens (including phenoxy) is 3. The summed E-state index contributed by atoms with van der Waals surface area (Å²) in [5.74, 6) is -0.849. The van der Waals surface area contributed by atoms with Crippen LogP contribution in [0.1, 0.15) is 355 Å². The number of allylic oxidation sites excluding steroid dienone is 4. The van der Waals surface area contributed by atoms with E-state index in [-0.39, 0.29) is 31.1 Å². The Bertz CT molecular complexity index is 1150. The zero-order chi connectivity index (χ0) is 51.4. The van der Waals surface area contributed by atoms with E-state index in [1.54, 1.807) is 0 Å². The molecule has 0 heterocycles. The highest BCUT2D eigenvalue weighted by Crippen LogP contribution is 2.17. The standard InChI is InChI=1S/C65H122O6/c1-4-7-10-13-16-19-22-25-28-30-32-34-37-39-42-45-48-51-54-57-63(66)69-60-62(71-65(68)59-56-53-50-47-44-41-36-27-24-21-18-15-12-9-6-3)61-70-64(67)58-55-52-49-46-43-40-38-35-33-31-29-26-23-20-17-14-11-8-5-2/h21,24-25,28,62H,4-20,22-23,26-27,29-61H2,1-3H3/b24-21-,28-25-/t62-/m1/s1. The van der Waals surface area contributed by atoms with Crippen LogP contribution in [0.15, 0.2) is 24.3 Å². The van der Waals surface area contributed by atoms with Crippen LogP contribution in [0.3, 0.4) is 0 Å². The maximum Gasteiger partial charge on any atom is 0.306 e. The smallest absolute Gasteiger partial charge is 0.306 e. The predicted octanol–water partition coefficient (Wildman–Crippen LogP) is 21.4. The first-order valence-electron chi connectivity index (χ1n) is 31.8. The maximum absolute atomic E-state index is 12.9. The first-order chi connectivity index (χ1) is 35.0. The molecule has 0 spiro atoms. The maximum atomic E-state index is 12.9. The Hall–Kier alpha value is -2.11. The second-order valence-electron chi connectivity index (χ2n) is 21.7. The molecule has 418 valence electrons. The number of esters is 3. The van der Waals surface area contributed by atoms with E-state index in [1.165, 1.54) is 257 Å². The Morgan fingerprint density at radius 3 is 0.718 bits per heavy atom. The van der Waals surface area contributed by atoms with E-state index in [2.05, 4.69) is 45.1 Å². The molecule has 71 heavy (non-hydrogen) atoms. The van der Waals surface area contributed by atoms with Crippen LogP contribution in [0.25, 0.3) is 0 Å².